The molecule has 18 heavy (non-hydrogen) atoms. The van der Waals surface area contributed by atoms with Crippen LogP contribution in [0, 0.1) is 0 Å². The van der Waals surface area contributed by atoms with Crippen molar-refractivity contribution in [1.29, 1.82) is 0 Å². The summed E-state index contributed by atoms with van der Waals surface area (Å²) in [6, 6.07) is -0.192. The zero-order valence-corrected chi connectivity index (χ0v) is 11.9. The highest BCUT2D eigenvalue weighted by atomic mass is 16.4. The standard InChI is InChI=1S/C13H26N2O3/c1-5-6-7-8-10(2)14-12(18)15-13(3,4)9-11(16)17/h10H,5-9H2,1-4H3,(H,16,17)(H2,14,15,18). The van der Waals surface area contributed by atoms with Crippen LogP contribution in [0.1, 0.15) is 59.8 Å². The molecule has 0 heterocycles. The molecular formula is C13H26N2O3. The zero-order valence-electron chi connectivity index (χ0n) is 11.9. The van der Waals surface area contributed by atoms with Crippen LogP contribution in [0.2, 0.25) is 0 Å². The summed E-state index contributed by atoms with van der Waals surface area (Å²) in [6.45, 7) is 7.49. The Labute approximate surface area is 109 Å². The molecule has 1 unspecified atom stereocenters. The molecule has 0 spiro atoms. The van der Waals surface area contributed by atoms with Gasteiger partial charge in [-0.05, 0) is 27.2 Å². The van der Waals surface area contributed by atoms with Crippen molar-refractivity contribution in [3.8, 4) is 0 Å². The lowest BCUT2D eigenvalue weighted by molar-refractivity contribution is -0.138. The maximum absolute atomic E-state index is 11.7. The fourth-order valence-corrected chi connectivity index (χ4v) is 1.76. The largest absolute Gasteiger partial charge is 0.481 e. The topological polar surface area (TPSA) is 78.4 Å². The van der Waals surface area contributed by atoms with Gasteiger partial charge >= 0.3 is 12.0 Å². The van der Waals surface area contributed by atoms with Gasteiger partial charge in [0, 0.05) is 11.6 Å². The van der Waals surface area contributed by atoms with Gasteiger partial charge in [-0.25, -0.2) is 4.79 Å². The van der Waals surface area contributed by atoms with E-state index in [4.69, 9.17) is 5.11 Å². The molecule has 0 saturated carbocycles. The van der Waals surface area contributed by atoms with Gasteiger partial charge in [0.2, 0.25) is 0 Å². The summed E-state index contributed by atoms with van der Waals surface area (Å²) in [7, 11) is 0. The highest BCUT2D eigenvalue weighted by Gasteiger charge is 2.24. The number of carbonyl (C=O) groups is 2. The highest BCUT2D eigenvalue weighted by Crippen LogP contribution is 2.08. The number of nitrogens with one attached hydrogen (secondary N) is 2. The minimum atomic E-state index is -0.920. The molecule has 5 heteroatoms. The number of rotatable bonds is 8. The molecule has 0 radical (unpaired) electrons. The van der Waals surface area contributed by atoms with Crippen LogP contribution in [-0.4, -0.2) is 28.7 Å². The van der Waals surface area contributed by atoms with Crippen molar-refractivity contribution in [2.24, 2.45) is 0 Å². The fraction of sp³-hybridized carbons (Fsp3) is 0.846. The normalized spacial score (nSPS) is 12.9. The maximum Gasteiger partial charge on any atom is 0.315 e. The second kappa shape index (κ2) is 7.95. The van der Waals surface area contributed by atoms with Gasteiger partial charge in [-0.1, -0.05) is 26.2 Å². The average molecular weight is 258 g/mol. The van der Waals surface area contributed by atoms with Crippen LogP contribution >= 0.6 is 0 Å². The van der Waals surface area contributed by atoms with Crippen LogP contribution in [-0.2, 0) is 4.79 Å². The predicted octanol–water partition coefficient (Wildman–Crippen LogP) is 2.51. The van der Waals surface area contributed by atoms with Crippen LogP contribution in [0.4, 0.5) is 4.79 Å². The lowest BCUT2D eigenvalue weighted by Crippen LogP contribution is -2.51. The molecular weight excluding hydrogens is 232 g/mol. The minimum absolute atomic E-state index is 0.0926. The Kier molecular flexibility index (Phi) is 7.39. The summed E-state index contributed by atoms with van der Waals surface area (Å²) in [5, 5.41) is 14.2. The lowest BCUT2D eigenvalue weighted by atomic mass is 10.0. The molecule has 0 bridgehead atoms. The van der Waals surface area contributed by atoms with E-state index < -0.39 is 11.5 Å². The zero-order chi connectivity index (χ0) is 14.2. The Morgan fingerprint density at radius 1 is 1.28 bits per heavy atom. The van der Waals surface area contributed by atoms with E-state index in [0.29, 0.717) is 0 Å². The van der Waals surface area contributed by atoms with E-state index >= 15 is 0 Å². The van der Waals surface area contributed by atoms with Crippen LogP contribution in [0.3, 0.4) is 0 Å². The third-order valence-corrected chi connectivity index (χ3v) is 2.66. The summed E-state index contributed by atoms with van der Waals surface area (Å²) < 4.78 is 0. The Morgan fingerprint density at radius 3 is 2.39 bits per heavy atom. The van der Waals surface area contributed by atoms with E-state index in [1.807, 2.05) is 6.92 Å². The number of hydrogen-bond acceptors (Lipinski definition) is 2. The van der Waals surface area contributed by atoms with Crippen molar-refractivity contribution in [1.82, 2.24) is 10.6 Å². The van der Waals surface area contributed by atoms with Crippen molar-refractivity contribution < 1.29 is 14.7 Å². The molecule has 0 fully saturated rings. The average Bonchev–Trinajstić information content (AvgIpc) is 2.13. The number of unbranched alkanes of at least 4 members (excludes halogenated alkanes) is 2. The number of carboxylic acids is 1. The molecule has 0 aliphatic carbocycles. The molecule has 0 aliphatic rings. The molecule has 0 aliphatic heterocycles. The van der Waals surface area contributed by atoms with E-state index in [1.165, 1.54) is 0 Å². The Morgan fingerprint density at radius 2 is 1.89 bits per heavy atom. The number of aliphatic carboxylic acids is 1. The van der Waals surface area contributed by atoms with E-state index in [1.54, 1.807) is 13.8 Å². The number of carboxylic acid groups (broad SMARTS) is 1. The Bertz CT molecular complexity index is 277. The van der Waals surface area contributed by atoms with Gasteiger partial charge in [-0.2, -0.15) is 0 Å². The quantitative estimate of drug-likeness (QED) is 0.585. The summed E-state index contributed by atoms with van der Waals surface area (Å²) in [6.07, 6.45) is 4.27. The molecule has 1 atom stereocenters. The van der Waals surface area contributed by atoms with Crippen molar-refractivity contribution in [3.63, 3.8) is 0 Å². The van der Waals surface area contributed by atoms with E-state index in [9.17, 15) is 9.59 Å². The molecule has 0 rings (SSSR count). The van der Waals surface area contributed by atoms with E-state index in [2.05, 4.69) is 17.6 Å². The van der Waals surface area contributed by atoms with Crippen LogP contribution < -0.4 is 10.6 Å². The molecule has 3 N–H and O–H groups in total. The molecule has 5 nitrogen and oxygen atoms in total. The fourth-order valence-electron chi connectivity index (χ4n) is 1.76. The van der Waals surface area contributed by atoms with Crippen molar-refractivity contribution in [2.45, 2.75) is 71.4 Å². The van der Waals surface area contributed by atoms with Gasteiger partial charge in [-0.15, -0.1) is 0 Å². The second-order valence-electron chi connectivity index (χ2n) is 5.45. The Balaban J connectivity index is 3.98. The lowest BCUT2D eigenvalue weighted by Gasteiger charge is -2.25. The maximum atomic E-state index is 11.7. The van der Waals surface area contributed by atoms with Crippen LogP contribution in [0.15, 0.2) is 0 Å². The van der Waals surface area contributed by atoms with Gasteiger partial charge in [0.15, 0.2) is 0 Å². The number of urea groups is 1. The minimum Gasteiger partial charge on any atom is -0.481 e. The first-order valence-electron chi connectivity index (χ1n) is 6.57. The molecule has 2 amide bonds. The SMILES string of the molecule is CCCCCC(C)NC(=O)NC(C)(C)CC(=O)O. The molecule has 0 aromatic rings. The van der Waals surface area contributed by atoms with Crippen molar-refractivity contribution >= 4 is 12.0 Å². The monoisotopic (exact) mass is 258 g/mol. The highest BCUT2D eigenvalue weighted by molar-refractivity contribution is 5.76. The smallest absolute Gasteiger partial charge is 0.315 e. The molecule has 106 valence electrons. The predicted molar refractivity (Wildman–Crippen MR) is 71.6 cm³/mol. The third kappa shape index (κ3) is 8.84. The van der Waals surface area contributed by atoms with E-state index in [0.717, 1.165) is 25.7 Å². The van der Waals surface area contributed by atoms with Crippen LogP contribution in [0.5, 0.6) is 0 Å². The first-order chi connectivity index (χ1) is 8.26. The number of amides is 2. The van der Waals surface area contributed by atoms with Crippen molar-refractivity contribution in [3.05, 3.63) is 0 Å². The summed E-state index contributed by atoms with van der Waals surface area (Å²) in [4.78, 5) is 22.3. The second-order valence-corrected chi connectivity index (χ2v) is 5.45. The summed E-state index contributed by atoms with van der Waals surface area (Å²) in [5.74, 6) is -0.920. The van der Waals surface area contributed by atoms with Gasteiger partial charge < -0.3 is 15.7 Å². The van der Waals surface area contributed by atoms with Gasteiger partial charge in [-0.3, -0.25) is 4.79 Å². The number of carbonyl (C=O) groups excluding carboxylic acids is 1. The van der Waals surface area contributed by atoms with Gasteiger partial charge in [0.25, 0.3) is 0 Å². The molecule has 0 aromatic carbocycles. The molecule has 0 saturated heterocycles. The Hall–Kier alpha value is -1.26. The van der Waals surface area contributed by atoms with Crippen molar-refractivity contribution in [2.75, 3.05) is 0 Å². The molecule has 0 aromatic heterocycles. The van der Waals surface area contributed by atoms with Crippen LogP contribution in [0.25, 0.3) is 0 Å². The summed E-state index contributed by atoms with van der Waals surface area (Å²) >= 11 is 0. The summed E-state index contributed by atoms with van der Waals surface area (Å²) in [5.41, 5.74) is -0.737. The van der Waals surface area contributed by atoms with Gasteiger partial charge in [0.1, 0.15) is 0 Å². The van der Waals surface area contributed by atoms with Gasteiger partial charge in [0.05, 0.1) is 6.42 Å². The first-order valence-corrected chi connectivity index (χ1v) is 6.57. The van der Waals surface area contributed by atoms with E-state index in [-0.39, 0.29) is 18.5 Å². The number of hydrogen-bond donors (Lipinski definition) is 3. The first kappa shape index (κ1) is 16.7. The third-order valence-electron chi connectivity index (χ3n) is 2.66.